The number of nitrogens with zero attached hydrogens (tertiary/aromatic N) is 2. The number of sulfonamides is 1. The van der Waals surface area contributed by atoms with Gasteiger partial charge >= 0.3 is 6.18 Å². The first-order valence-electron chi connectivity index (χ1n) is 11.3. The van der Waals surface area contributed by atoms with Gasteiger partial charge < -0.3 is 10.6 Å². The SMILES string of the molecule is Cl.Cl.Cn1nc(-c2ccc(S(=O)(=O)NCCCCNCCNC3CCCCC3)s2)cc1C(F)(F)F. The number of unbranched alkanes of at least 4 members (excludes halogenated alkanes) is 1. The van der Waals surface area contributed by atoms with Crippen LogP contribution in [0.3, 0.4) is 0 Å². The van der Waals surface area contributed by atoms with E-state index in [1.54, 1.807) is 0 Å². The van der Waals surface area contributed by atoms with Gasteiger partial charge in [0.15, 0.2) is 0 Å². The standard InChI is InChI=1S/C21H32F3N5O2S2.2ClH/c1-29-19(21(22,23)24)15-17(28-29)18-9-10-20(32-18)33(30,31)27-12-6-5-11-25-13-14-26-16-7-3-2-4-8-16;;/h9-10,15-16,25-27H,2-8,11-14H2,1H3;2*1H. The van der Waals surface area contributed by atoms with Gasteiger partial charge in [0.25, 0.3) is 0 Å². The summed E-state index contributed by atoms with van der Waals surface area (Å²) in [7, 11) is -2.50. The van der Waals surface area contributed by atoms with E-state index in [-0.39, 0.29) is 34.7 Å². The van der Waals surface area contributed by atoms with Crippen LogP contribution in [-0.2, 0) is 23.2 Å². The third kappa shape index (κ3) is 9.83. The second-order valence-electron chi connectivity index (χ2n) is 8.30. The monoisotopic (exact) mass is 579 g/mol. The van der Waals surface area contributed by atoms with Crippen molar-refractivity contribution in [1.82, 2.24) is 25.1 Å². The molecule has 0 saturated heterocycles. The fourth-order valence-electron chi connectivity index (χ4n) is 3.90. The summed E-state index contributed by atoms with van der Waals surface area (Å²) in [5.41, 5.74) is -0.785. The largest absolute Gasteiger partial charge is 0.433 e. The highest BCUT2D eigenvalue weighted by molar-refractivity contribution is 7.91. The number of thiophene rings is 1. The van der Waals surface area contributed by atoms with E-state index < -0.39 is 21.9 Å². The summed E-state index contributed by atoms with van der Waals surface area (Å²) in [6.45, 7) is 2.96. The van der Waals surface area contributed by atoms with Crippen molar-refractivity contribution in [1.29, 1.82) is 0 Å². The van der Waals surface area contributed by atoms with Crippen molar-refractivity contribution >= 4 is 46.2 Å². The molecule has 0 amide bonds. The molecule has 202 valence electrons. The van der Waals surface area contributed by atoms with Crippen molar-refractivity contribution in [2.24, 2.45) is 7.05 Å². The summed E-state index contributed by atoms with van der Waals surface area (Å²) in [6.07, 6.45) is 3.53. The molecule has 1 saturated carbocycles. The Morgan fingerprint density at radius 3 is 2.40 bits per heavy atom. The van der Waals surface area contributed by atoms with E-state index in [2.05, 4.69) is 20.5 Å². The van der Waals surface area contributed by atoms with Gasteiger partial charge in [0.2, 0.25) is 10.0 Å². The van der Waals surface area contributed by atoms with Crippen molar-refractivity contribution < 1.29 is 21.6 Å². The van der Waals surface area contributed by atoms with E-state index in [9.17, 15) is 21.6 Å². The van der Waals surface area contributed by atoms with Gasteiger partial charge in [-0.3, -0.25) is 4.68 Å². The fraction of sp³-hybridized carbons (Fsp3) is 0.667. The molecule has 0 unspecified atom stereocenters. The van der Waals surface area contributed by atoms with Gasteiger partial charge in [-0.05, 0) is 50.4 Å². The summed E-state index contributed by atoms with van der Waals surface area (Å²) in [4.78, 5) is 0.368. The molecule has 35 heavy (non-hydrogen) atoms. The highest BCUT2D eigenvalue weighted by Gasteiger charge is 2.35. The Balaban J connectivity index is 0.00000306. The number of rotatable bonds is 12. The minimum absolute atomic E-state index is 0. The molecule has 0 spiro atoms. The van der Waals surface area contributed by atoms with Crippen LogP contribution in [0.2, 0.25) is 0 Å². The van der Waals surface area contributed by atoms with E-state index >= 15 is 0 Å². The quantitative estimate of drug-likeness (QED) is 0.320. The Bertz CT molecular complexity index is 993. The van der Waals surface area contributed by atoms with Gasteiger partial charge in [-0.1, -0.05) is 19.3 Å². The molecule has 2 aromatic heterocycles. The maximum Gasteiger partial charge on any atom is 0.433 e. The Morgan fingerprint density at radius 1 is 1.06 bits per heavy atom. The number of hydrogen-bond acceptors (Lipinski definition) is 6. The van der Waals surface area contributed by atoms with Crippen molar-refractivity contribution in [3.63, 3.8) is 0 Å². The van der Waals surface area contributed by atoms with Crippen LogP contribution in [0, 0.1) is 0 Å². The Kier molecular flexibility index (Phi) is 13.5. The van der Waals surface area contributed by atoms with Gasteiger partial charge in [0.05, 0.1) is 4.88 Å². The normalized spacial score (nSPS) is 15.0. The Labute approximate surface area is 221 Å². The van der Waals surface area contributed by atoms with Crippen LogP contribution in [0.5, 0.6) is 0 Å². The molecule has 0 atom stereocenters. The topological polar surface area (TPSA) is 88.0 Å². The van der Waals surface area contributed by atoms with Gasteiger partial charge in [0, 0.05) is 32.7 Å². The predicted molar refractivity (Wildman–Crippen MR) is 138 cm³/mol. The van der Waals surface area contributed by atoms with E-state index in [0.717, 1.165) is 48.1 Å². The van der Waals surface area contributed by atoms with Crippen molar-refractivity contribution in [2.45, 2.75) is 61.4 Å². The van der Waals surface area contributed by atoms with Crippen molar-refractivity contribution in [2.75, 3.05) is 26.2 Å². The second kappa shape index (κ2) is 14.7. The zero-order chi connectivity index (χ0) is 23.9. The molecule has 3 N–H and O–H groups in total. The molecule has 1 fully saturated rings. The summed E-state index contributed by atoms with van der Waals surface area (Å²) in [6, 6.07) is 4.45. The lowest BCUT2D eigenvalue weighted by molar-refractivity contribution is -0.143. The average Bonchev–Trinajstić information content (AvgIpc) is 3.40. The summed E-state index contributed by atoms with van der Waals surface area (Å²) < 4.78 is 67.3. The first-order chi connectivity index (χ1) is 15.7. The number of halogens is 5. The molecule has 1 aliphatic carbocycles. The van der Waals surface area contributed by atoms with E-state index in [4.69, 9.17) is 0 Å². The zero-order valence-corrected chi connectivity index (χ0v) is 22.8. The molecule has 7 nitrogen and oxygen atoms in total. The zero-order valence-electron chi connectivity index (χ0n) is 19.6. The number of aromatic nitrogens is 2. The molecule has 0 bridgehead atoms. The van der Waals surface area contributed by atoms with E-state index in [1.807, 2.05) is 0 Å². The molecule has 2 heterocycles. The fourth-order valence-corrected chi connectivity index (χ4v) is 6.28. The molecule has 3 rings (SSSR count). The van der Waals surface area contributed by atoms with Crippen LogP contribution in [0.1, 0.15) is 50.6 Å². The highest BCUT2D eigenvalue weighted by Crippen LogP contribution is 2.35. The summed E-state index contributed by atoms with van der Waals surface area (Å²) >= 11 is 0.902. The lowest BCUT2D eigenvalue weighted by Crippen LogP contribution is -2.36. The Morgan fingerprint density at radius 2 is 1.74 bits per heavy atom. The lowest BCUT2D eigenvalue weighted by Gasteiger charge is -2.22. The molecular weight excluding hydrogens is 546 g/mol. The third-order valence-corrected chi connectivity index (χ3v) is 8.74. The summed E-state index contributed by atoms with van der Waals surface area (Å²) in [5.74, 6) is 0. The first kappa shape index (κ1) is 32.1. The van der Waals surface area contributed by atoms with Gasteiger partial charge in [-0.15, -0.1) is 36.2 Å². The van der Waals surface area contributed by atoms with Gasteiger partial charge in [0.1, 0.15) is 15.6 Å². The lowest BCUT2D eigenvalue weighted by atomic mass is 9.95. The third-order valence-electron chi connectivity index (χ3n) is 5.68. The van der Waals surface area contributed by atoms with Crippen LogP contribution in [0.25, 0.3) is 10.6 Å². The first-order valence-corrected chi connectivity index (χ1v) is 13.6. The van der Waals surface area contributed by atoms with E-state index in [0.29, 0.717) is 23.9 Å². The second-order valence-corrected chi connectivity index (χ2v) is 11.4. The average molecular weight is 581 g/mol. The summed E-state index contributed by atoms with van der Waals surface area (Å²) in [5, 5.41) is 10.8. The molecule has 0 radical (unpaired) electrons. The number of alkyl halides is 3. The Hall–Kier alpha value is -0.890. The maximum absolute atomic E-state index is 13.0. The van der Waals surface area contributed by atoms with Crippen LogP contribution < -0.4 is 15.4 Å². The molecule has 2 aromatic rings. The smallest absolute Gasteiger partial charge is 0.315 e. The van der Waals surface area contributed by atoms with Crippen LogP contribution in [-0.4, -0.2) is 50.4 Å². The van der Waals surface area contributed by atoms with Gasteiger partial charge in [-0.25, -0.2) is 13.1 Å². The van der Waals surface area contributed by atoms with Crippen molar-refractivity contribution in [3.8, 4) is 10.6 Å². The predicted octanol–water partition coefficient (Wildman–Crippen LogP) is 4.58. The molecule has 0 aromatic carbocycles. The number of aryl methyl sites for hydroxylation is 1. The maximum atomic E-state index is 13.0. The van der Waals surface area contributed by atoms with Crippen LogP contribution in [0.4, 0.5) is 13.2 Å². The molecular formula is C21H34Cl2F3N5O2S2. The minimum atomic E-state index is -4.52. The molecule has 0 aliphatic heterocycles. The minimum Gasteiger partial charge on any atom is -0.315 e. The highest BCUT2D eigenvalue weighted by atomic mass is 35.5. The van der Waals surface area contributed by atoms with Crippen molar-refractivity contribution in [3.05, 3.63) is 23.9 Å². The van der Waals surface area contributed by atoms with Crippen LogP contribution >= 0.6 is 36.2 Å². The number of nitrogens with one attached hydrogen (secondary N) is 3. The molecule has 1 aliphatic rings. The van der Waals surface area contributed by atoms with Gasteiger partial charge in [-0.2, -0.15) is 18.3 Å². The number of hydrogen-bond donors (Lipinski definition) is 3. The molecule has 14 heteroatoms. The van der Waals surface area contributed by atoms with Crippen LogP contribution in [0.15, 0.2) is 22.4 Å². The van der Waals surface area contributed by atoms with E-state index in [1.165, 1.54) is 51.3 Å².